The molecule has 1 aromatic carbocycles. The molecule has 0 unspecified atom stereocenters. The Morgan fingerprint density at radius 1 is 1.45 bits per heavy atom. The van der Waals surface area contributed by atoms with E-state index in [0.29, 0.717) is 12.8 Å². The first-order valence-electron chi connectivity index (χ1n) is 6.73. The van der Waals surface area contributed by atoms with Crippen LogP contribution in [0.3, 0.4) is 0 Å². The van der Waals surface area contributed by atoms with Crippen LogP contribution in [-0.2, 0) is 11.3 Å². The summed E-state index contributed by atoms with van der Waals surface area (Å²) in [5.41, 5.74) is 0.602. The summed E-state index contributed by atoms with van der Waals surface area (Å²) in [7, 11) is 1.66. The van der Waals surface area contributed by atoms with Crippen LogP contribution >= 0.6 is 15.9 Å². The minimum Gasteiger partial charge on any atom is -0.497 e. The van der Waals surface area contributed by atoms with E-state index in [2.05, 4.69) is 20.8 Å². The summed E-state index contributed by atoms with van der Waals surface area (Å²) in [6.07, 6.45) is 1.40. The van der Waals surface area contributed by atoms with Gasteiger partial charge in [-0.25, -0.2) is 0 Å². The Labute approximate surface area is 127 Å². The lowest BCUT2D eigenvalue weighted by molar-refractivity contribution is -0.150. The first-order chi connectivity index (χ1) is 9.44. The van der Waals surface area contributed by atoms with E-state index in [4.69, 9.17) is 4.74 Å². The molecule has 1 aromatic rings. The minimum atomic E-state index is -0.681. The average molecular weight is 342 g/mol. The van der Waals surface area contributed by atoms with Gasteiger partial charge in [0, 0.05) is 11.0 Å². The second-order valence-corrected chi connectivity index (χ2v) is 6.45. The number of nitrogens with zero attached hydrogens (tertiary/aromatic N) is 1. The molecule has 1 heterocycles. The number of halogens is 1. The number of benzene rings is 1. The third-order valence-electron chi connectivity index (χ3n) is 4.12. The van der Waals surface area contributed by atoms with Gasteiger partial charge in [0.05, 0.1) is 12.5 Å². The molecule has 0 radical (unpaired) electrons. The molecule has 0 spiro atoms. The topological polar surface area (TPSA) is 49.8 Å². The molecule has 1 saturated heterocycles. The standard InChI is InChI=1S/C15H20BrNO3/c1-15(14(18)19)5-7-17(8-6-15)10-11-9-12(20-2)3-4-13(11)16/h3-4,9H,5-8,10H2,1-2H3,(H,18,19). The van der Waals surface area contributed by atoms with Crippen LogP contribution in [0.5, 0.6) is 5.75 Å². The van der Waals surface area contributed by atoms with E-state index in [-0.39, 0.29) is 0 Å². The third kappa shape index (κ3) is 3.33. The van der Waals surface area contributed by atoms with Crippen LogP contribution in [0.25, 0.3) is 0 Å². The number of ether oxygens (including phenoxy) is 1. The van der Waals surface area contributed by atoms with Gasteiger partial charge in [-0.1, -0.05) is 15.9 Å². The molecule has 2 rings (SSSR count). The fourth-order valence-corrected chi connectivity index (χ4v) is 2.83. The summed E-state index contributed by atoms with van der Waals surface area (Å²) in [6, 6.07) is 5.93. The second kappa shape index (κ2) is 6.14. The Bertz CT molecular complexity index is 496. The Hall–Kier alpha value is -1.07. The maximum absolute atomic E-state index is 11.2. The fraction of sp³-hybridized carbons (Fsp3) is 0.533. The van der Waals surface area contributed by atoms with Crippen LogP contribution < -0.4 is 4.74 Å². The molecule has 1 aliphatic heterocycles. The molecule has 0 aliphatic carbocycles. The number of rotatable bonds is 4. The van der Waals surface area contributed by atoms with E-state index in [1.165, 1.54) is 5.56 Å². The molecule has 1 aliphatic rings. The van der Waals surface area contributed by atoms with Gasteiger partial charge >= 0.3 is 5.97 Å². The van der Waals surface area contributed by atoms with Crippen molar-refractivity contribution in [3.63, 3.8) is 0 Å². The van der Waals surface area contributed by atoms with E-state index in [1.807, 2.05) is 25.1 Å². The van der Waals surface area contributed by atoms with Crippen LogP contribution in [0.15, 0.2) is 22.7 Å². The van der Waals surface area contributed by atoms with Gasteiger partial charge in [-0.2, -0.15) is 0 Å². The molecule has 5 heteroatoms. The predicted octanol–water partition coefficient (Wildman–Crippen LogP) is 3.14. The molecule has 0 amide bonds. The predicted molar refractivity (Wildman–Crippen MR) is 80.9 cm³/mol. The summed E-state index contributed by atoms with van der Waals surface area (Å²) in [5, 5.41) is 9.24. The number of aliphatic carboxylic acids is 1. The van der Waals surface area contributed by atoms with Gasteiger partial charge in [0.1, 0.15) is 5.75 Å². The Balaban J connectivity index is 2.01. The van der Waals surface area contributed by atoms with Crippen molar-refractivity contribution in [2.45, 2.75) is 26.3 Å². The lowest BCUT2D eigenvalue weighted by Crippen LogP contribution is -2.42. The highest BCUT2D eigenvalue weighted by Gasteiger charge is 2.36. The van der Waals surface area contributed by atoms with Crippen molar-refractivity contribution in [1.29, 1.82) is 0 Å². The van der Waals surface area contributed by atoms with E-state index < -0.39 is 11.4 Å². The zero-order valence-electron chi connectivity index (χ0n) is 11.9. The molecule has 20 heavy (non-hydrogen) atoms. The van der Waals surface area contributed by atoms with Gasteiger partial charge in [0.25, 0.3) is 0 Å². The Kier molecular flexibility index (Phi) is 4.70. The number of likely N-dealkylation sites (tertiary alicyclic amines) is 1. The molecule has 4 nitrogen and oxygen atoms in total. The number of hydrogen-bond donors (Lipinski definition) is 1. The maximum Gasteiger partial charge on any atom is 0.309 e. The normalized spacial score (nSPS) is 18.8. The van der Waals surface area contributed by atoms with Crippen LogP contribution in [-0.4, -0.2) is 36.2 Å². The zero-order chi connectivity index (χ0) is 14.8. The highest BCUT2D eigenvalue weighted by Crippen LogP contribution is 2.32. The molecular weight excluding hydrogens is 322 g/mol. The van der Waals surface area contributed by atoms with Crippen LogP contribution in [0.4, 0.5) is 0 Å². The summed E-state index contributed by atoms with van der Waals surface area (Å²) >= 11 is 3.56. The van der Waals surface area contributed by atoms with Crippen molar-refractivity contribution in [3.05, 3.63) is 28.2 Å². The van der Waals surface area contributed by atoms with Gasteiger partial charge in [-0.15, -0.1) is 0 Å². The highest BCUT2D eigenvalue weighted by atomic mass is 79.9. The van der Waals surface area contributed by atoms with Crippen molar-refractivity contribution in [1.82, 2.24) is 4.90 Å². The molecule has 1 N–H and O–H groups in total. The number of methoxy groups -OCH3 is 1. The summed E-state index contributed by atoms with van der Waals surface area (Å²) < 4.78 is 6.31. The largest absolute Gasteiger partial charge is 0.497 e. The van der Waals surface area contributed by atoms with E-state index >= 15 is 0 Å². The van der Waals surface area contributed by atoms with Crippen molar-refractivity contribution >= 4 is 21.9 Å². The Morgan fingerprint density at radius 3 is 2.65 bits per heavy atom. The zero-order valence-corrected chi connectivity index (χ0v) is 13.4. The molecule has 110 valence electrons. The van der Waals surface area contributed by atoms with Crippen LogP contribution in [0.2, 0.25) is 0 Å². The minimum absolute atomic E-state index is 0.567. The first kappa shape index (κ1) is 15.3. The molecule has 0 bridgehead atoms. The molecule has 0 atom stereocenters. The number of carboxylic acid groups (broad SMARTS) is 1. The highest BCUT2D eigenvalue weighted by molar-refractivity contribution is 9.10. The summed E-state index contributed by atoms with van der Waals surface area (Å²) in [4.78, 5) is 13.5. The van der Waals surface area contributed by atoms with Gasteiger partial charge in [0.2, 0.25) is 0 Å². The third-order valence-corrected chi connectivity index (χ3v) is 4.90. The lowest BCUT2D eigenvalue weighted by Gasteiger charge is -2.36. The molecule has 1 fully saturated rings. The Morgan fingerprint density at radius 2 is 2.10 bits per heavy atom. The molecule has 0 saturated carbocycles. The van der Waals surface area contributed by atoms with Gasteiger partial charge in [-0.3, -0.25) is 9.69 Å². The van der Waals surface area contributed by atoms with Gasteiger partial charge in [0.15, 0.2) is 0 Å². The van der Waals surface area contributed by atoms with Crippen molar-refractivity contribution in [3.8, 4) is 5.75 Å². The smallest absolute Gasteiger partial charge is 0.309 e. The average Bonchev–Trinajstić information content (AvgIpc) is 2.43. The van der Waals surface area contributed by atoms with Crippen molar-refractivity contribution in [2.24, 2.45) is 5.41 Å². The SMILES string of the molecule is COc1ccc(Br)c(CN2CCC(C)(C(=O)O)CC2)c1. The van der Waals surface area contributed by atoms with Crippen LogP contribution in [0.1, 0.15) is 25.3 Å². The molecular formula is C15H20BrNO3. The van der Waals surface area contributed by atoms with Crippen molar-refractivity contribution < 1.29 is 14.6 Å². The van der Waals surface area contributed by atoms with E-state index in [9.17, 15) is 9.90 Å². The first-order valence-corrected chi connectivity index (χ1v) is 7.52. The monoisotopic (exact) mass is 341 g/mol. The number of hydrogen-bond acceptors (Lipinski definition) is 3. The van der Waals surface area contributed by atoms with Crippen molar-refractivity contribution in [2.75, 3.05) is 20.2 Å². The van der Waals surface area contributed by atoms with E-state index in [1.54, 1.807) is 7.11 Å². The maximum atomic E-state index is 11.2. The lowest BCUT2D eigenvalue weighted by atomic mass is 9.80. The number of carbonyl (C=O) groups is 1. The van der Waals surface area contributed by atoms with E-state index in [0.717, 1.165) is 29.9 Å². The fourth-order valence-electron chi connectivity index (χ4n) is 2.46. The number of carboxylic acids is 1. The number of piperidine rings is 1. The van der Waals surface area contributed by atoms with Crippen LogP contribution in [0, 0.1) is 5.41 Å². The second-order valence-electron chi connectivity index (χ2n) is 5.60. The summed E-state index contributed by atoms with van der Waals surface area (Å²) in [5.74, 6) is 0.162. The quantitative estimate of drug-likeness (QED) is 0.913. The van der Waals surface area contributed by atoms with Gasteiger partial charge in [-0.05, 0) is 56.6 Å². The summed E-state index contributed by atoms with van der Waals surface area (Å²) in [6.45, 7) is 4.28. The molecule has 0 aromatic heterocycles. The van der Waals surface area contributed by atoms with Gasteiger partial charge < -0.3 is 9.84 Å².